The summed E-state index contributed by atoms with van der Waals surface area (Å²) in [5.74, 6) is 1.29. The number of halogens is 1. The van der Waals surface area contributed by atoms with Crippen LogP contribution < -0.4 is 0 Å². The van der Waals surface area contributed by atoms with E-state index in [2.05, 4.69) is 18.0 Å². The molecule has 1 aliphatic heterocycles. The molecule has 0 bridgehead atoms. The van der Waals surface area contributed by atoms with Crippen LogP contribution in [0.2, 0.25) is 0 Å². The molecule has 25 heavy (non-hydrogen) atoms. The van der Waals surface area contributed by atoms with Crippen molar-refractivity contribution in [3.8, 4) is 11.8 Å². The number of nitrogens with zero attached hydrogens (tertiary/aromatic N) is 3. The van der Waals surface area contributed by atoms with Crippen molar-refractivity contribution in [3.05, 3.63) is 59.2 Å². The minimum atomic E-state index is 0. The van der Waals surface area contributed by atoms with Crippen molar-refractivity contribution >= 4 is 35.0 Å². The Morgan fingerprint density at radius 2 is 2.00 bits per heavy atom. The molecule has 1 heterocycles. The highest BCUT2D eigenvalue weighted by molar-refractivity contribution is 8.14. The van der Waals surface area contributed by atoms with E-state index in [-0.39, 0.29) is 12.4 Å². The summed E-state index contributed by atoms with van der Waals surface area (Å²) in [7, 11) is 2.07. The molecular formula is C19H20ClN3OS. The van der Waals surface area contributed by atoms with E-state index in [1.807, 2.05) is 31.2 Å². The molecule has 4 nitrogen and oxygen atoms in total. The van der Waals surface area contributed by atoms with E-state index in [0.717, 1.165) is 28.6 Å². The van der Waals surface area contributed by atoms with Gasteiger partial charge in [0.15, 0.2) is 5.17 Å². The quantitative estimate of drug-likeness (QED) is 0.872. The van der Waals surface area contributed by atoms with Gasteiger partial charge in [0, 0.05) is 18.8 Å². The van der Waals surface area contributed by atoms with Crippen LogP contribution >= 0.6 is 24.2 Å². The van der Waals surface area contributed by atoms with Crippen LogP contribution in [0.1, 0.15) is 16.7 Å². The number of phenolic OH excluding ortho intramolecular Hbond substituents is 1. The van der Waals surface area contributed by atoms with Gasteiger partial charge in [-0.25, -0.2) is 4.99 Å². The smallest absolute Gasteiger partial charge is 0.164 e. The maximum atomic E-state index is 9.39. The highest BCUT2D eigenvalue weighted by Gasteiger charge is 2.27. The van der Waals surface area contributed by atoms with Crippen molar-refractivity contribution in [3.63, 3.8) is 0 Å². The van der Waals surface area contributed by atoms with Gasteiger partial charge in [-0.15, -0.1) is 12.4 Å². The predicted octanol–water partition coefficient (Wildman–Crippen LogP) is 4.27. The Morgan fingerprint density at radius 3 is 2.64 bits per heavy atom. The van der Waals surface area contributed by atoms with Gasteiger partial charge in [0.1, 0.15) is 5.75 Å². The van der Waals surface area contributed by atoms with Crippen molar-refractivity contribution in [2.24, 2.45) is 4.99 Å². The third-order valence-corrected chi connectivity index (χ3v) is 5.39. The molecule has 0 unspecified atom stereocenters. The summed E-state index contributed by atoms with van der Waals surface area (Å²) in [6.45, 7) is 1.98. The summed E-state index contributed by atoms with van der Waals surface area (Å²) in [6.07, 6.45) is 0.926. The van der Waals surface area contributed by atoms with Crippen LogP contribution in [0.5, 0.6) is 5.75 Å². The first-order chi connectivity index (χ1) is 11.6. The Labute approximate surface area is 158 Å². The zero-order chi connectivity index (χ0) is 17.1. The number of phenols is 1. The molecular weight excluding hydrogens is 354 g/mol. The van der Waals surface area contributed by atoms with Gasteiger partial charge in [-0.1, -0.05) is 23.9 Å². The van der Waals surface area contributed by atoms with Crippen molar-refractivity contribution in [2.75, 3.05) is 12.8 Å². The lowest BCUT2D eigenvalue weighted by atomic mass is 10.1. The average molecular weight is 374 g/mol. The molecule has 3 rings (SSSR count). The Bertz CT molecular complexity index is 814. The summed E-state index contributed by atoms with van der Waals surface area (Å²) in [5.41, 5.74) is 3.79. The maximum absolute atomic E-state index is 9.39. The number of rotatable bonds is 3. The molecule has 0 radical (unpaired) electrons. The number of benzene rings is 2. The van der Waals surface area contributed by atoms with Crippen LogP contribution in [0.25, 0.3) is 0 Å². The van der Waals surface area contributed by atoms with Crippen LogP contribution in [-0.2, 0) is 6.42 Å². The lowest BCUT2D eigenvalue weighted by Gasteiger charge is -2.21. The fourth-order valence-electron chi connectivity index (χ4n) is 2.71. The second kappa shape index (κ2) is 8.28. The molecule has 1 atom stereocenters. The first-order valence-corrected chi connectivity index (χ1v) is 8.78. The summed E-state index contributed by atoms with van der Waals surface area (Å²) in [5, 5.41) is 19.3. The normalized spacial score (nSPS) is 18.0. The molecule has 0 aromatic heterocycles. The minimum Gasteiger partial charge on any atom is -0.508 e. The third kappa shape index (κ3) is 4.47. The van der Waals surface area contributed by atoms with Gasteiger partial charge in [-0.05, 0) is 54.8 Å². The number of nitriles is 1. The monoisotopic (exact) mass is 373 g/mol. The van der Waals surface area contributed by atoms with E-state index >= 15 is 0 Å². The second-order valence-electron chi connectivity index (χ2n) is 5.95. The number of hydrogen-bond donors (Lipinski definition) is 1. The molecule has 1 N–H and O–H groups in total. The lowest BCUT2D eigenvalue weighted by molar-refractivity contribution is 0.411. The highest BCUT2D eigenvalue weighted by atomic mass is 35.5. The number of amidine groups is 1. The van der Waals surface area contributed by atoms with Crippen LogP contribution in [0, 0.1) is 18.3 Å². The van der Waals surface area contributed by atoms with Crippen LogP contribution in [0.3, 0.4) is 0 Å². The number of likely N-dealkylation sites (N-methyl/N-ethyl adjacent to an activating group) is 1. The van der Waals surface area contributed by atoms with Crippen molar-refractivity contribution < 1.29 is 5.11 Å². The summed E-state index contributed by atoms with van der Waals surface area (Å²) in [6, 6.07) is 15.5. The molecule has 0 aliphatic carbocycles. The topological polar surface area (TPSA) is 59.6 Å². The first-order valence-electron chi connectivity index (χ1n) is 7.80. The Morgan fingerprint density at radius 1 is 1.28 bits per heavy atom. The standard InChI is InChI=1S/C19H19N3OS.ClH/c1-13-9-15(11-20)5-8-18(13)21-19-22(2)16(12-24-19)10-14-3-6-17(23)7-4-14;/h3-9,16,23H,10,12H2,1-2H3;1H/t16-;/m0./s1. The van der Waals surface area contributed by atoms with E-state index in [1.54, 1.807) is 30.0 Å². The number of aromatic hydroxyl groups is 1. The van der Waals surface area contributed by atoms with Crippen LogP contribution in [0.15, 0.2) is 47.5 Å². The fraction of sp³-hybridized carbons (Fsp3) is 0.263. The second-order valence-corrected chi connectivity index (χ2v) is 6.94. The Hall–Kier alpha value is -2.16. The van der Waals surface area contributed by atoms with Crippen molar-refractivity contribution in [1.82, 2.24) is 4.90 Å². The predicted molar refractivity (Wildman–Crippen MR) is 106 cm³/mol. The number of aliphatic imine (C=N–C) groups is 1. The average Bonchev–Trinajstić information content (AvgIpc) is 2.92. The van der Waals surface area contributed by atoms with E-state index in [0.29, 0.717) is 17.4 Å². The molecule has 0 saturated carbocycles. The maximum Gasteiger partial charge on any atom is 0.164 e. The Balaban J connectivity index is 0.00000225. The third-order valence-electron chi connectivity index (χ3n) is 4.20. The first kappa shape index (κ1) is 19.2. The van der Waals surface area contributed by atoms with Gasteiger partial charge in [0.25, 0.3) is 0 Å². The van der Waals surface area contributed by atoms with Crippen LogP contribution in [-0.4, -0.2) is 34.0 Å². The molecule has 1 aliphatic rings. The fourth-order valence-corrected chi connectivity index (χ4v) is 3.90. The van der Waals surface area contributed by atoms with Crippen molar-refractivity contribution in [1.29, 1.82) is 5.26 Å². The number of thioether (sulfide) groups is 1. The number of hydrogen-bond acceptors (Lipinski definition) is 4. The molecule has 0 spiro atoms. The van der Waals surface area contributed by atoms with E-state index in [9.17, 15) is 5.11 Å². The van der Waals surface area contributed by atoms with Gasteiger partial charge in [0.05, 0.1) is 17.3 Å². The largest absolute Gasteiger partial charge is 0.508 e. The molecule has 1 saturated heterocycles. The summed E-state index contributed by atoms with van der Waals surface area (Å²) < 4.78 is 0. The zero-order valence-corrected chi connectivity index (χ0v) is 15.8. The molecule has 6 heteroatoms. The SMILES string of the molecule is Cc1cc(C#N)ccc1N=C1SC[C@H](Cc2ccc(O)cc2)N1C.Cl. The molecule has 1 fully saturated rings. The minimum absolute atomic E-state index is 0. The van der Waals surface area contributed by atoms with Crippen LogP contribution in [0.4, 0.5) is 5.69 Å². The van der Waals surface area contributed by atoms with Gasteiger partial charge >= 0.3 is 0 Å². The highest BCUT2D eigenvalue weighted by Crippen LogP contribution is 2.29. The van der Waals surface area contributed by atoms with Gasteiger partial charge < -0.3 is 10.0 Å². The molecule has 130 valence electrons. The zero-order valence-electron chi connectivity index (χ0n) is 14.1. The van der Waals surface area contributed by atoms with E-state index in [4.69, 9.17) is 10.3 Å². The molecule has 2 aromatic rings. The summed E-state index contributed by atoms with van der Waals surface area (Å²) in [4.78, 5) is 6.99. The molecule has 0 amide bonds. The molecule has 2 aromatic carbocycles. The van der Waals surface area contributed by atoms with Gasteiger partial charge in [-0.2, -0.15) is 5.26 Å². The Kier molecular flexibility index (Phi) is 6.35. The number of aryl methyl sites for hydroxylation is 1. The van der Waals surface area contributed by atoms with Gasteiger partial charge in [-0.3, -0.25) is 0 Å². The summed E-state index contributed by atoms with van der Waals surface area (Å²) >= 11 is 1.76. The van der Waals surface area contributed by atoms with Crippen molar-refractivity contribution in [2.45, 2.75) is 19.4 Å². The van der Waals surface area contributed by atoms with Gasteiger partial charge in [0.2, 0.25) is 0 Å². The lowest BCUT2D eigenvalue weighted by Crippen LogP contribution is -2.31. The van der Waals surface area contributed by atoms with E-state index in [1.165, 1.54) is 5.56 Å². The van der Waals surface area contributed by atoms with E-state index < -0.39 is 0 Å².